The van der Waals surface area contributed by atoms with Crippen LogP contribution in [0.15, 0.2) is 0 Å². The molecule has 15 heavy (non-hydrogen) atoms. The largest absolute Gasteiger partial charge is 0.379 e. The average Bonchev–Trinajstić information content (AvgIpc) is 2.60. The molecule has 0 aliphatic carbocycles. The highest BCUT2D eigenvalue weighted by atomic mass is 16.5. The summed E-state index contributed by atoms with van der Waals surface area (Å²) in [6, 6.07) is -0.615. The Bertz CT molecular complexity index is 250. The van der Waals surface area contributed by atoms with E-state index in [1.54, 1.807) is 0 Å². The normalized spacial score (nSPS) is 24.9. The number of carbonyl (C=O) groups is 2. The van der Waals surface area contributed by atoms with Crippen LogP contribution >= 0.6 is 0 Å². The van der Waals surface area contributed by atoms with E-state index in [9.17, 15) is 9.59 Å². The van der Waals surface area contributed by atoms with Crippen molar-refractivity contribution in [2.24, 2.45) is 11.5 Å². The molecule has 1 saturated heterocycles. The minimum absolute atomic E-state index is 0.238. The van der Waals surface area contributed by atoms with Crippen molar-refractivity contribution < 1.29 is 14.3 Å². The maximum absolute atomic E-state index is 11.6. The van der Waals surface area contributed by atoms with E-state index >= 15 is 0 Å². The van der Waals surface area contributed by atoms with Crippen LogP contribution in [0.25, 0.3) is 0 Å². The first-order valence-electron chi connectivity index (χ1n) is 4.73. The van der Waals surface area contributed by atoms with E-state index in [4.69, 9.17) is 16.2 Å². The zero-order chi connectivity index (χ0) is 11.3. The third-order valence-electron chi connectivity index (χ3n) is 2.21. The smallest absolute Gasteiger partial charge is 0.312 e. The van der Waals surface area contributed by atoms with Crippen LogP contribution in [0.1, 0.15) is 6.42 Å². The number of hydrogen-bond donors (Lipinski definition) is 4. The number of amides is 3. The lowest BCUT2D eigenvalue weighted by molar-refractivity contribution is -0.126. The number of ether oxygens (including phenoxy) is 1. The van der Waals surface area contributed by atoms with Crippen LogP contribution in [0.3, 0.4) is 0 Å². The van der Waals surface area contributed by atoms with Gasteiger partial charge in [-0.2, -0.15) is 0 Å². The van der Waals surface area contributed by atoms with Gasteiger partial charge in [0.25, 0.3) is 0 Å². The Morgan fingerprint density at radius 2 is 2.00 bits per heavy atom. The van der Waals surface area contributed by atoms with E-state index in [-0.39, 0.29) is 19.1 Å². The highest BCUT2D eigenvalue weighted by Crippen LogP contribution is 2.14. The van der Waals surface area contributed by atoms with Gasteiger partial charge in [-0.25, -0.2) is 4.79 Å². The van der Waals surface area contributed by atoms with Crippen molar-refractivity contribution in [1.29, 1.82) is 0 Å². The summed E-state index contributed by atoms with van der Waals surface area (Å²) in [5.74, 6) is -0.258. The molecular formula is C8H16N4O3. The lowest BCUT2D eigenvalue weighted by atomic mass is 9.99. The predicted octanol–water partition coefficient (Wildman–Crippen LogP) is -2.11. The van der Waals surface area contributed by atoms with E-state index in [0.717, 1.165) is 0 Å². The van der Waals surface area contributed by atoms with Crippen molar-refractivity contribution >= 4 is 11.9 Å². The third-order valence-corrected chi connectivity index (χ3v) is 2.21. The number of urea groups is 1. The van der Waals surface area contributed by atoms with Gasteiger partial charge in [0.2, 0.25) is 5.91 Å². The van der Waals surface area contributed by atoms with E-state index in [1.807, 2.05) is 0 Å². The van der Waals surface area contributed by atoms with E-state index in [0.29, 0.717) is 19.6 Å². The van der Waals surface area contributed by atoms with Gasteiger partial charge in [-0.3, -0.25) is 4.79 Å². The van der Waals surface area contributed by atoms with Gasteiger partial charge in [0.05, 0.1) is 6.61 Å². The van der Waals surface area contributed by atoms with Gasteiger partial charge >= 0.3 is 6.03 Å². The minimum atomic E-state index is -0.924. The summed E-state index contributed by atoms with van der Waals surface area (Å²) in [6.07, 6.45) is 0.516. The Hall–Kier alpha value is -1.34. The van der Waals surface area contributed by atoms with Crippen LogP contribution in [0, 0.1) is 0 Å². The molecule has 0 aromatic carbocycles. The third kappa shape index (κ3) is 3.37. The van der Waals surface area contributed by atoms with Crippen LogP contribution in [0.2, 0.25) is 0 Å². The first kappa shape index (κ1) is 11.7. The van der Waals surface area contributed by atoms with Gasteiger partial charge in [-0.05, 0) is 6.42 Å². The number of carbonyl (C=O) groups excluding carboxylic acids is 2. The van der Waals surface area contributed by atoms with Crippen molar-refractivity contribution in [2.45, 2.75) is 12.0 Å². The Morgan fingerprint density at radius 3 is 2.53 bits per heavy atom. The summed E-state index contributed by atoms with van der Waals surface area (Å²) in [6.45, 7) is 1.34. The van der Waals surface area contributed by atoms with Gasteiger partial charge in [-0.15, -0.1) is 0 Å². The highest BCUT2D eigenvalue weighted by molar-refractivity contribution is 5.86. The van der Waals surface area contributed by atoms with Crippen LogP contribution < -0.4 is 22.1 Å². The lowest BCUT2D eigenvalue weighted by Gasteiger charge is -2.20. The second-order valence-corrected chi connectivity index (χ2v) is 3.51. The molecule has 1 aliphatic heterocycles. The molecule has 1 heterocycles. The molecule has 1 atom stereocenters. The maximum atomic E-state index is 11.6. The molecule has 0 saturated carbocycles. The summed E-state index contributed by atoms with van der Waals surface area (Å²) in [4.78, 5) is 21.9. The van der Waals surface area contributed by atoms with Gasteiger partial charge < -0.3 is 26.8 Å². The average molecular weight is 216 g/mol. The Balaban J connectivity index is 2.21. The Morgan fingerprint density at radius 1 is 1.33 bits per heavy atom. The summed E-state index contributed by atoms with van der Waals surface area (Å²) < 4.78 is 5.05. The fourth-order valence-corrected chi connectivity index (χ4v) is 1.30. The summed E-state index contributed by atoms with van der Waals surface area (Å²) in [7, 11) is 0. The first-order valence-corrected chi connectivity index (χ1v) is 4.73. The van der Waals surface area contributed by atoms with Gasteiger partial charge in [0.15, 0.2) is 0 Å². The fourth-order valence-electron chi connectivity index (χ4n) is 1.30. The van der Waals surface area contributed by atoms with Gasteiger partial charge in [-0.1, -0.05) is 0 Å². The molecule has 6 N–H and O–H groups in total. The number of hydrogen-bond acceptors (Lipinski definition) is 4. The van der Waals surface area contributed by atoms with Crippen LogP contribution in [-0.2, 0) is 9.53 Å². The molecule has 1 aliphatic rings. The zero-order valence-corrected chi connectivity index (χ0v) is 8.41. The summed E-state index contributed by atoms with van der Waals surface area (Å²) in [5.41, 5.74) is 9.72. The van der Waals surface area contributed by atoms with Crippen molar-refractivity contribution in [3.63, 3.8) is 0 Å². The molecule has 1 unspecified atom stereocenters. The molecule has 7 heteroatoms. The van der Waals surface area contributed by atoms with Crippen molar-refractivity contribution in [2.75, 3.05) is 26.3 Å². The van der Waals surface area contributed by atoms with Crippen LogP contribution in [0.5, 0.6) is 0 Å². The zero-order valence-electron chi connectivity index (χ0n) is 8.41. The topological polar surface area (TPSA) is 119 Å². The molecule has 7 nitrogen and oxygen atoms in total. The molecule has 0 bridgehead atoms. The molecule has 1 fully saturated rings. The van der Waals surface area contributed by atoms with E-state index < -0.39 is 11.6 Å². The maximum Gasteiger partial charge on any atom is 0.312 e. The van der Waals surface area contributed by atoms with E-state index in [1.165, 1.54) is 0 Å². The number of nitrogens with two attached hydrogens (primary N) is 2. The Labute approximate surface area is 87.5 Å². The van der Waals surface area contributed by atoms with Gasteiger partial charge in [0, 0.05) is 19.7 Å². The second kappa shape index (κ2) is 4.94. The van der Waals surface area contributed by atoms with Crippen molar-refractivity contribution in [1.82, 2.24) is 10.6 Å². The molecule has 1 rings (SSSR count). The van der Waals surface area contributed by atoms with Crippen molar-refractivity contribution in [3.8, 4) is 0 Å². The minimum Gasteiger partial charge on any atom is -0.379 e. The molecule has 0 spiro atoms. The monoisotopic (exact) mass is 216 g/mol. The summed E-state index contributed by atoms with van der Waals surface area (Å²) in [5, 5.41) is 4.96. The summed E-state index contributed by atoms with van der Waals surface area (Å²) >= 11 is 0. The van der Waals surface area contributed by atoms with Gasteiger partial charge in [0.1, 0.15) is 5.54 Å². The molecule has 0 aromatic rings. The molecular weight excluding hydrogens is 200 g/mol. The molecule has 3 amide bonds. The van der Waals surface area contributed by atoms with E-state index in [2.05, 4.69) is 10.6 Å². The second-order valence-electron chi connectivity index (χ2n) is 3.51. The molecule has 0 aromatic heterocycles. The SMILES string of the molecule is NC(=O)NCCNC(=O)C1(N)CCOC1. The Kier molecular flexibility index (Phi) is 3.87. The quantitative estimate of drug-likeness (QED) is 0.402. The van der Waals surface area contributed by atoms with Crippen molar-refractivity contribution in [3.05, 3.63) is 0 Å². The standard InChI is InChI=1S/C8H16N4O3/c9-7(14)12-3-2-11-6(13)8(10)1-4-15-5-8/h1-5,10H2,(H,11,13)(H3,9,12,14). The number of primary amides is 1. The fraction of sp³-hybridized carbons (Fsp3) is 0.750. The number of rotatable bonds is 4. The van der Waals surface area contributed by atoms with Crippen LogP contribution in [-0.4, -0.2) is 43.8 Å². The molecule has 86 valence electrons. The lowest BCUT2D eigenvalue weighted by Crippen LogP contribution is -2.55. The number of nitrogens with one attached hydrogen (secondary N) is 2. The highest BCUT2D eigenvalue weighted by Gasteiger charge is 2.37. The first-order chi connectivity index (χ1) is 7.04. The predicted molar refractivity (Wildman–Crippen MR) is 53.0 cm³/mol. The molecule has 0 radical (unpaired) electrons. The van der Waals surface area contributed by atoms with Crippen LogP contribution in [0.4, 0.5) is 4.79 Å².